The minimum atomic E-state index is -1.42. The Labute approximate surface area is 139 Å². The number of carbonyl (C=O) groups is 2. The zero-order valence-electron chi connectivity index (χ0n) is 14.0. The highest BCUT2D eigenvalue weighted by Crippen LogP contribution is 2.32. The zero-order valence-corrected chi connectivity index (χ0v) is 14.0. The number of carboxylic acids is 1. The number of anilines is 1. The second-order valence-corrected chi connectivity index (χ2v) is 6.38. The second-order valence-electron chi connectivity index (χ2n) is 6.38. The molecule has 0 unspecified atom stereocenters. The number of amides is 1. The first-order valence-corrected chi connectivity index (χ1v) is 7.71. The number of benzene rings is 1. The molecule has 2 rings (SSSR count). The molecule has 1 aromatic rings. The van der Waals surface area contributed by atoms with Crippen LogP contribution in [0.5, 0.6) is 0 Å². The number of hydrogen-bond donors (Lipinski definition) is 1. The fraction of sp³-hybridized carbons (Fsp3) is 0.500. The van der Waals surface area contributed by atoms with Crippen LogP contribution in [0.1, 0.15) is 37.0 Å². The summed E-state index contributed by atoms with van der Waals surface area (Å²) in [4.78, 5) is 37.7. The van der Waals surface area contributed by atoms with Crippen molar-refractivity contribution in [1.29, 1.82) is 0 Å². The van der Waals surface area contributed by atoms with E-state index in [9.17, 15) is 24.8 Å². The van der Waals surface area contributed by atoms with Gasteiger partial charge >= 0.3 is 5.97 Å². The van der Waals surface area contributed by atoms with Crippen LogP contribution in [0.2, 0.25) is 0 Å². The van der Waals surface area contributed by atoms with Crippen LogP contribution in [0.4, 0.5) is 11.4 Å². The van der Waals surface area contributed by atoms with E-state index in [4.69, 9.17) is 0 Å². The maximum absolute atomic E-state index is 12.5. The van der Waals surface area contributed by atoms with Gasteiger partial charge in [0.25, 0.3) is 11.6 Å². The Kier molecular flexibility index (Phi) is 4.77. The lowest BCUT2D eigenvalue weighted by Crippen LogP contribution is -2.50. The second kappa shape index (κ2) is 6.46. The van der Waals surface area contributed by atoms with Crippen LogP contribution >= 0.6 is 0 Å². The zero-order chi connectivity index (χ0) is 18.1. The lowest BCUT2D eigenvalue weighted by atomic mass is 10.0. The molecule has 1 aromatic carbocycles. The summed E-state index contributed by atoms with van der Waals surface area (Å²) in [7, 11) is 1.37. The quantitative estimate of drug-likeness (QED) is 0.653. The Bertz CT molecular complexity index is 680. The van der Waals surface area contributed by atoms with Crippen molar-refractivity contribution in [3.05, 3.63) is 33.9 Å². The van der Waals surface area contributed by atoms with E-state index in [1.54, 1.807) is 6.07 Å². The number of nitro groups is 1. The predicted molar refractivity (Wildman–Crippen MR) is 88.4 cm³/mol. The highest BCUT2D eigenvalue weighted by atomic mass is 16.6. The van der Waals surface area contributed by atoms with Gasteiger partial charge in [-0.2, -0.15) is 0 Å². The first-order valence-electron chi connectivity index (χ1n) is 7.71. The third-order valence-electron chi connectivity index (χ3n) is 4.53. The average molecular weight is 335 g/mol. The van der Waals surface area contributed by atoms with Gasteiger partial charge in [0.2, 0.25) is 0 Å². The SMILES string of the molecule is CN(C(=O)c1ccc(N2CCCC2)c([N+](=O)[O-])c1)C(C)(C)C(=O)O. The lowest BCUT2D eigenvalue weighted by molar-refractivity contribution is -0.384. The van der Waals surface area contributed by atoms with Gasteiger partial charge in [-0.05, 0) is 38.8 Å². The van der Waals surface area contributed by atoms with Crippen molar-refractivity contribution in [1.82, 2.24) is 4.90 Å². The summed E-state index contributed by atoms with van der Waals surface area (Å²) in [6, 6.07) is 4.31. The highest BCUT2D eigenvalue weighted by Gasteiger charge is 2.36. The number of carbonyl (C=O) groups excluding carboxylic acids is 1. The largest absolute Gasteiger partial charge is 0.480 e. The summed E-state index contributed by atoms with van der Waals surface area (Å²) in [5, 5.41) is 20.6. The van der Waals surface area contributed by atoms with Crippen molar-refractivity contribution >= 4 is 23.3 Å². The number of likely N-dealkylation sites (N-methyl/N-ethyl adjacent to an activating group) is 1. The number of nitro benzene ring substituents is 1. The van der Waals surface area contributed by atoms with Crippen molar-refractivity contribution in [3.8, 4) is 0 Å². The number of carboxylic acid groups (broad SMARTS) is 1. The van der Waals surface area contributed by atoms with E-state index in [2.05, 4.69) is 0 Å². The van der Waals surface area contributed by atoms with Gasteiger partial charge in [0.15, 0.2) is 0 Å². The van der Waals surface area contributed by atoms with Crippen LogP contribution in [0, 0.1) is 10.1 Å². The smallest absolute Gasteiger partial charge is 0.329 e. The number of hydrogen-bond acceptors (Lipinski definition) is 5. The molecule has 24 heavy (non-hydrogen) atoms. The summed E-state index contributed by atoms with van der Waals surface area (Å²) < 4.78 is 0. The Hall–Kier alpha value is -2.64. The molecule has 8 heteroatoms. The number of rotatable bonds is 5. The highest BCUT2D eigenvalue weighted by molar-refractivity contribution is 5.98. The van der Waals surface area contributed by atoms with Gasteiger partial charge in [-0.3, -0.25) is 14.9 Å². The van der Waals surface area contributed by atoms with Crippen LogP contribution in [0.3, 0.4) is 0 Å². The maximum Gasteiger partial charge on any atom is 0.329 e. The minimum absolute atomic E-state index is 0.0986. The Balaban J connectivity index is 2.38. The molecular weight excluding hydrogens is 314 g/mol. The molecule has 0 aliphatic carbocycles. The molecule has 8 nitrogen and oxygen atoms in total. The standard InChI is InChI=1S/C16H21N3O5/c1-16(2,15(21)22)17(3)14(20)11-6-7-12(13(10-11)19(23)24)18-8-4-5-9-18/h6-7,10H,4-5,8-9H2,1-3H3,(H,21,22). The fourth-order valence-corrected chi connectivity index (χ4v) is 2.62. The van der Waals surface area contributed by atoms with Gasteiger partial charge in [-0.1, -0.05) is 0 Å². The summed E-state index contributed by atoms with van der Waals surface area (Å²) in [5.41, 5.74) is -0.959. The molecule has 0 bridgehead atoms. The van der Waals surface area contributed by atoms with E-state index in [0.717, 1.165) is 30.8 Å². The van der Waals surface area contributed by atoms with Crippen LogP contribution in [-0.4, -0.2) is 52.5 Å². The monoisotopic (exact) mass is 335 g/mol. The lowest BCUT2D eigenvalue weighted by Gasteiger charge is -2.31. The topological polar surface area (TPSA) is 104 Å². The molecule has 1 aliphatic heterocycles. The average Bonchev–Trinajstić information content (AvgIpc) is 3.06. The van der Waals surface area contributed by atoms with Gasteiger partial charge in [-0.15, -0.1) is 0 Å². The van der Waals surface area contributed by atoms with E-state index in [-0.39, 0.29) is 11.3 Å². The van der Waals surface area contributed by atoms with Crippen LogP contribution in [-0.2, 0) is 4.79 Å². The van der Waals surface area contributed by atoms with Crippen molar-refractivity contribution < 1.29 is 19.6 Å². The summed E-state index contributed by atoms with van der Waals surface area (Å²) >= 11 is 0. The van der Waals surface area contributed by atoms with Crippen LogP contribution < -0.4 is 4.90 Å². The van der Waals surface area contributed by atoms with Crippen LogP contribution in [0.15, 0.2) is 18.2 Å². The summed E-state index contributed by atoms with van der Waals surface area (Å²) in [5.74, 6) is -1.72. The fourth-order valence-electron chi connectivity index (χ4n) is 2.62. The van der Waals surface area contributed by atoms with E-state index in [1.807, 2.05) is 4.90 Å². The third-order valence-corrected chi connectivity index (χ3v) is 4.53. The molecule has 1 saturated heterocycles. The molecule has 0 spiro atoms. The van der Waals surface area contributed by atoms with Gasteiger partial charge in [0.05, 0.1) is 4.92 Å². The van der Waals surface area contributed by atoms with Gasteiger partial charge in [0, 0.05) is 31.8 Å². The molecule has 1 N–H and O–H groups in total. The molecule has 1 heterocycles. The van der Waals surface area contributed by atoms with Gasteiger partial charge in [-0.25, -0.2) is 4.79 Å². The van der Waals surface area contributed by atoms with E-state index in [1.165, 1.54) is 33.0 Å². The van der Waals surface area contributed by atoms with E-state index >= 15 is 0 Å². The number of aliphatic carboxylic acids is 1. The van der Waals surface area contributed by atoms with E-state index < -0.39 is 22.3 Å². The molecule has 1 aliphatic rings. The Morgan fingerprint density at radius 3 is 2.38 bits per heavy atom. The first-order chi connectivity index (χ1) is 11.2. The van der Waals surface area contributed by atoms with Crippen LogP contribution in [0.25, 0.3) is 0 Å². The molecule has 0 radical (unpaired) electrons. The molecule has 0 saturated carbocycles. The van der Waals surface area contributed by atoms with Crippen molar-refractivity contribution in [2.24, 2.45) is 0 Å². The maximum atomic E-state index is 12.5. The molecule has 0 aromatic heterocycles. The minimum Gasteiger partial charge on any atom is -0.480 e. The molecule has 1 fully saturated rings. The summed E-state index contributed by atoms with van der Waals surface area (Å²) in [6.07, 6.45) is 1.96. The summed E-state index contributed by atoms with van der Waals surface area (Å²) in [6.45, 7) is 4.31. The third kappa shape index (κ3) is 3.17. The van der Waals surface area contributed by atoms with Crippen molar-refractivity contribution in [2.45, 2.75) is 32.2 Å². The Morgan fingerprint density at radius 1 is 1.29 bits per heavy atom. The molecular formula is C16H21N3O5. The Morgan fingerprint density at radius 2 is 1.88 bits per heavy atom. The molecule has 130 valence electrons. The van der Waals surface area contributed by atoms with Crippen molar-refractivity contribution in [3.63, 3.8) is 0 Å². The first kappa shape index (κ1) is 17.7. The number of nitrogens with zero attached hydrogens (tertiary/aromatic N) is 3. The van der Waals surface area contributed by atoms with Crippen molar-refractivity contribution in [2.75, 3.05) is 25.0 Å². The van der Waals surface area contributed by atoms with Gasteiger partial charge < -0.3 is 14.9 Å². The van der Waals surface area contributed by atoms with Gasteiger partial charge in [0.1, 0.15) is 11.2 Å². The van der Waals surface area contributed by atoms with E-state index in [0.29, 0.717) is 5.69 Å². The molecule has 1 amide bonds. The normalized spacial score (nSPS) is 14.5. The predicted octanol–water partition coefficient (Wildman–Crippen LogP) is 2.13. The molecule has 0 atom stereocenters.